The Morgan fingerprint density at radius 1 is 1.30 bits per heavy atom. The molecule has 30 heavy (non-hydrogen) atoms. The van der Waals surface area contributed by atoms with Gasteiger partial charge in [0.2, 0.25) is 0 Å². The zero-order valence-electron chi connectivity index (χ0n) is 16.0. The highest BCUT2D eigenvalue weighted by Crippen LogP contribution is 2.33. The summed E-state index contributed by atoms with van der Waals surface area (Å²) in [7, 11) is 1.84. The maximum Gasteiger partial charge on any atom is 0.259 e. The van der Waals surface area contributed by atoms with Crippen LogP contribution in [0.2, 0.25) is 0 Å². The number of hydrogen-bond donors (Lipinski definition) is 1. The van der Waals surface area contributed by atoms with Crippen molar-refractivity contribution >= 4 is 23.1 Å². The molecule has 1 N–H and O–H groups in total. The van der Waals surface area contributed by atoms with E-state index in [0.29, 0.717) is 0 Å². The van der Waals surface area contributed by atoms with Crippen molar-refractivity contribution in [3.05, 3.63) is 59.2 Å². The molecule has 1 amide bonds. The van der Waals surface area contributed by atoms with Gasteiger partial charge in [0.15, 0.2) is 6.17 Å². The van der Waals surface area contributed by atoms with Crippen molar-refractivity contribution in [2.75, 3.05) is 5.32 Å². The molecule has 1 atom stereocenters. The van der Waals surface area contributed by atoms with Crippen molar-refractivity contribution in [1.82, 2.24) is 19.7 Å². The van der Waals surface area contributed by atoms with Crippen LogP contribution in [0, 0.1) is 18.8 Å². The standard InChI is InChI=1S/C21H15F2N5OS/c1-12-19(27-21(30-12)14-10-25-28(2)11-14)13-7-8-17(24-9-13)26-20(29)18-15(22)5-3-4-6-16(18)23/h3,5,7-11,16H,1-2H3,(H,24,26,29). The number of thiazole rings is 1. The summed E-state index contributed by atoms with van der Waals surface area (Å²) in [6.07, 6.45) is 5.29. The van der Waals surface area contributed by atoms with Crippen LogP contribution in [0.4, 0.5) is 14.6 Å². The summed E-state index contributed by atoms with van der Waals surface area (Å²) in [5.41, 5.74) is 1.78. The monoisotopic (exact) mass is 423 g/mol. The van der Waals surface area contributed by atoms with Crippen molar-refractivity contribution in [3.63, 3.8) is 0 Å². The number of carbonyl (C=O) groups excluding carboxylic acids is 1. The largest absolute Gasteiger partial charge is 0.307 e. The molecule has 4 rings (SSSR count). The number of nitrogens with zero attached hydrogens (tertiary/aromatic N) is 4. The average Bonchev–Trinajstić information content (AvgIpc) is 3.27. The predicted molar refractivity (Wildman–Crippen MR) is 111 cm³/mol. The molecule has 3 aromatic heterocycles. The molecule has 0 saturated carbocycles. The van der Waals surface area contributed by atoms with E-state index < -0.39 is 23.5 Å². The third kappa shape index (κ3) is 3.90. The van der Waals surface area contributed by atoms with E-state index in [1.807, 2.05) is 20.2 Å². The van der Waals surface area contributed by atoms with E-state index in [1.165, 1.54) is 0 Å². The number of anilines is 1. The van der Waals surface area contributed by atoms with E-state index in [-0.39, 0.29) is 5.82 Å². The number of aryl methyl sites for hydroxylation is 2. The van der Waals surface area contributed by atoms with Gasteiger partial charge in [-0.3, -0.25) is 9.48 Å². The highest BCUT2D eigenvalue weighted by Gasteiger charge is 2.24. The molecule has 3 heterocycles. The predicted octanol–water partition coefficient (Wildman–Crippen LogP) is 3.99. The van der Waals surface area contributed by atoms with Crippen LogP contribution in [0.5, 0.6) is 0 Å². The lowest BCUT2D eigenvalue weighted by Gasteiger charge is -2.09. The van der Waals surface area contributed by atoms with Gasteiger partial charge in [-0.2, -0.15) is 5.10 Å². The van der Waals surface area contributed by atoms with E-state index in [1.54, 1.807) is 40.5 Å². The Morgan fingerprint density at radius 2 is 2.13 bits per heavy atom. The van der Waals surface area contributed by atoms with E-state index in [9.17, 15) is 13.6 Å². The fraction of sp³-hybridized carbons (Fsp3) is 0.143. The quantitative estimate of drug-likeness (QED) is 0.644. The van der Waals surface area contributed by atoms with Gasteiger partial charge in [0.1, 0.15) is 16.7 Å². The Morgan fingerprint density at radius 3 is 2.83 bits per heavy atom. The van der Waals surface area contributed by atoms with Gasteiger partial charge in [-0.1, -0.05) is 11.8 Å². The first-order valence-electron chi connectivity index (χ1n) is 8.88. The number of hydrogen-bond acceptors (Lipinski definition) is 5. The summed E-state index contributed by atoms with van der Waals surface area (Å²) in [4.78, 5) is 22.2. The molecule has 0 radical (unpaired) electrons. The average molecular weight is 423 g/mol. The first-order valence-corrected chi connectivity index (χ1v) is 9.69. The number of alkyl halides is 1. The number of allylic oxidation sites excluding steroid dienone is 3. The summed E-state index contributed by atoms with van der Waals surface area (Å²) >= 11 is 1.54. The fourth-order valence-electron chi connectivity index (χ4n) is 2.85. The molecule has 6 nitrogen and oxygen atoms in total. The fourth-order valence-corrected chi connectivity index (χ4v) is 3.76. The van der Waals surface area contributed by atoms with Gasteiger partial charge < -0.3 is 5.32 Å². The van der Waals surface area contributed by atoms with E-state index >= 15 is 0 Å². The number of pyridine rings is 1. The molecule has 0 aliphatic heterocycles. The molecular formula is C21H15F2N5OS. The smallest absolute Gasteiger partial charge is 0.259 e. The van der Waals surface area contributed by atoms with E-state index in [0.717, 1.165) is 38.9 Å². The molecule has 150 valence electrons. The first-order chi connectivity index (χ1) is 14.4. The first kappa shape index (κ1) is 19.7. The van der Waals surface area contributed by atoms with Crippen LogP contribution < -0.4 is 5.32 Å². The second-order valence-electron chi connectivity index (χ2n) is 6.46. The second kappa shape index (κ2) is 8.00. The molecule has 1 aliphatic carbocycles. The Labute approximate surface area is 175 Å². The molecule has 0 fully saturated rings. The number of rotatable bonds is 4. The number of nitrogens with one attached hydrogen (secondary N) is 1. The van der Waals surface area contributed by atoms with Crippen LogP contribution in [-0.4, -0.2) is 31.8 Å². The van der Waals surface area contributed by atoms with Crippen molar-refractivity contribution in [2.24, 2.45) is 7.05 Å². The molecule has 0 bridgehead atoms. The summed E-state index contributed by atoms with van der Waals surface area (Å²) in [5, 5.41) is 7.41. The topological polar surface area (TPSA) is 72.7 Å². The second-order valence-corrected chi connectivity index (χ2v) is 7.66. The minimum absolute atomic E-state index is 0.165. The van der Waals surface area contributed by atoms with Gasteiger partial charge in [0.25, 0.3) is 5.91 Å². The minimum atomic E-state index is -2.01. The molecule has 1 aliphatic rings. The summed E-state index contributed by atoms with van der Waals surface area (Å²) in [6, 6.07) is 3.29. The molecule has 0 aromatic carbocycles. The van der Waals surface area contributed by atoms with Crippen LogP contribution >= 0.6 is 11.3 Å². The van der Waals surface area contributed by atoms with Crippen LogP contribution in [0.3, 0.4) is 0 Å². The summed E-state index contributed by atoms with van der Waals surface area (Å²) < 4.78 is 29.7. The van der Waals surface area contributed by atoms with Gasteiger partial charge in [-0.05, 0) is 31.2 Å². The molecule has 0 saturated heterocycles. The zero-order valence-corrected chi connectivity index (χ0v) is 16.8. The number of carbonyl (C=O) groups is 1. The molecule has 1 unspecified atom stereocenters. The van der Waals surface area contributed by atoms with Crippen LogP contribution in [0.25, 0.3) is 21.8 Å². The lowest BCUT2D eigenvalue weighted by Crippen LogP contribution is -2.22. The normalized spacial score (nSPS) is 15.5. The SMILES string of the molecule is Cc1sc(-c2cnn(C)c2)nc1-c1ccc(NC(=O)C2=C(F)C=CC#CC2F)nc1. The molecule has 3 aromatic rings. The van der Waals surface area contributed by atoms with Crippen molar-refractivity contribution in [1.29, 1.82) is 0 Å². The highest BCUT2D eigenvalue weighted by molar-refractivity contribution is 7.15. The Bertz CT molecular complexity index is 1240. The number of amides is 1. The third-order valence-corrected chi connectivity index (χ3v) is 5.33. The maximum absolute atomic E-state index is 14.0. The van der Waals surface area contributed by atoms with Crippen molar-refractivity contribution in [3.8, 4) is 33.7 Å². The molecule has 0 spiro atoms. The Balaban J connectivity index is 1.54. The van der Waals surface area contributed by atoms with Gasteiger partial charge >= 0.3 is 0 Å². The lowest BCUT2D eigenvalue weighted by atomic mass is 10.1. The number of halogens is 2. The van der Waals surface area contributed by atoms with Gasteiger partial charge in [-0.15, -0.1) is 11.3 Å². The Kier molecular flexibility index (Phi) is 5.25. The van der Waals surface area contributed by atoms with Crippen molar-refractivity contribution in [2.45, 2.75) is 13.1 Å². The van der Waals surface area contributed by atoms with Crippen LogP contribution in [0.1, 0.15) is 4.88 Å². The van der Waals surface area contributed by atoms with Gasteiger partial charge in [0, 0.05) is 35.4 Å². The summed E-state index contributed by atoms with van der Waals surface area (Å²) in [5.74, 6) is 2.74. The van der Waals surface area contributed by atoms with Crippen molar-refractivity contribution < 1.29 is 13.6 Å². The van der Waals surface area contributed by atoms with Crippen LogP contribution in [0.15, 0.2) is 54.3 Å². The third-order valence-electron chi connectivity index (χ3n) is 4.31. The molecule has 9 heteroatoms. The van der Waals surface area contributed by atoms with Gasteiger partial charge in [-0.25, -0.2) is 18.7 Å². The zero-order chi connectivity index (χ0) is 21.3. The van der Waals surface area contributed by atoms with E-state index in [2.05, 4.69) is 32.2 Å². The number of aromatic nitrogens is 4. The maximum atomic E-state index is 14.0. The van der Waals surface area contributed by atoms with E-state index in [4.69, 9.17) is 0 Å². The van der Waals surface area contributed by atoms with Gasteiger partial charge in [0.05, 0.1) is 17.5 Å². The molecular weight excluding hydrogens is 408 g/mol. The highest BCUT2D eigenvalue weighted by atomic mass is 32.1. The lowest BCUT2D eigenvalue weighted by molar-refractivity contribution is -0.113. The minimum Gasteiger partial charge on any atom is -0.307 e. The Hall–Kier alpha value is -3.64. The van der Waals surface area contributed by atoms with Crippen LogP contribution in [-0.2, 0) is 11.8 Å². The summed E-state index contributed by atoms with van der Waals surface area (Å²) in [6.45, 7) is 1.96.